The van der Waals surface area contributed by atoms with Crippen LogP contribution in [0.2, 0.25) is 5.02 Å². The van der Waals surface area contributed by atoms with Crippen LogP contribution in [-0.4, -0.2) is 7.11 Å². The summed E-state index contributed by atoms with van der Waals surface area (Å²) in [6.45, 7) is 0. The molecule has 1 unspecified atom stereocenters. The molecule has 6 heteroatoms. The van der Waals surface area contributed by atoms with Crippen molar-refractivity contribution in [1.29, 1.82) is 0 Å². The van der Waals surface area contributed by atoms with Crippen LogP contribution in [0.1, 0.15) is 17.2 Å². The van der Waals surface area contributed by atoms with Crippen molar-refractivity contribution in [2.24, 2.45) is 5.84 Å². The van der Waals surface area contributed by atoms with E-state index in [2.05, 4.69) is 5.43 Å². The van der Waals surface area contributed by atoms with Crippen molar-refractivity contribution in [1.82, 2.24) is 5.43 Å². The normalized spacial score (nSPS) is 12.2. The molecule has 2 aromatic carbocycles. The third-order valence-corrected chi connectivity index (χ3v) is 3.28. The minimum absolute atomic E-state index is 0.0499. The fourth-order valence-corrected chi connectivity index (χ4v) is 2.18. The number of benzene rings is 2. The zero-order valence-corrected chi connectivity index (χ0v) is 11.4. The highest BCUT2D eigenvalue weighted by Crippen LogP contribution is 2.31. The van der Waals surface area contributed by atoms with Gasteiger partial charge >= 0.3 is 0 Å². The molecule has 0 aliphatic rings. The van der Waals surface area contributed by atoms with Gasteiger partial charge in [-0.25, -0.2) is 14.2 Å². The quantitative estimate of drug-likeness (QED) is 0.673. The van der Waals surface area contributed by atoms with E-state index in [4.69, 9.17) is 22.2 Å². The Hall–Kier alpha value is -1.69. The maximum atomic E-state index is 14.3. The Balaban J connectivity index is 2.56. The van der Waals surface area contributed by atoms with E-state index in [1.165, 1.54) is 31.4 Å². The Labute approximate surface area is 120 Å². The van der Waals surface area contributed by atoms with Crippen molar-refractivity contribution in [3.8, 4) is 5.75 Å². The number of methoxy groups -OCH3 is 1. The topological polar surface area (TPSA) is 47.3 Å². The number of hydrazine groups is 1. The van der Waals surface area contributed by atoms with Crippen molar-refractivity contribution in [2.45, 2.75) is 6.04 Å². The molecule has 0 bridgehead atoms. The van der Waals surface area contributed by atoms with Gasteiger partial charge in [0.2, 0.25) is 0 Å². The Morgan fingerprint density at radius 1 is 1.10 bits per heavy atom. The summed E-state index contributed by atoms with van der Waals surface area (Å²) < 4.78 is 33.2. The third kappa shape index (κ3) is 2.60. The van der Waals surface area contributed by atoms with E-state index in [0.29, 0.717) is 0 Å². The Bertz CT molecular complexity index is 622. The summed E-state index contributed by atoms with van der Waals surface area (Å²) in [6, 6.07) is 8.18. The minimum Gasteiger partial charge on any atom is -0.494 e. The molecule has 0 aromatic heterocycles. The van der Waals surface area contributed by atoms with Crippen molar-refractivity contribution >= 4 is 11.6 Å². The van der Waals surface area contributed by atoms with Gasteiger partial charge in [-0.15, -0.1) is 0 Å². The Kier molecular flexibility index (Phi) is 4.54. The molecular formula is C14H13ClF2N2O. The van der Waals surface area contributed by atoms with Crippen molar-refractivity contribution in [2.75, 3.05) is 7.11 Å². The molecule has 0 amide bonds. The van der Waals surface area contributed by atoms with Crippen LogP contribution >= 0.6 is 11.6 Å². The standard InChI is InChI=1S/C14H13ClF2N2O/c1-20-11-7-3-5-9(13(11)17)14(19-18)8-4-2-6-10(15)12(8)16/h2-7,14,19H,18H2,1H3. The molecule has 0 aliphatic heterocycles. The molecule has 2 rings (SSSR count). The zero-order valence-electron chi connectivity index (χ0n) is 10.7. The van der Waals surface area contributed by atoms with Crippen LogP contribution in [0.3, 0.4) is 0 Å². The lowest BCUT2D eigenvalue weighted by Gasteiger charge is -2.19. The average molecular weight is 299 g/mol. The average Bonchev–Trinajstić information content (AvgIpc) is 2.46. The second kappa shape index (κ2) is 6.17. The number of nitrogens with two attached hydrogens (primary N) is 1. The number of ether oxygens (including phenoxy) is 1. The van der Waals surface area contributed by atoms with Gasteiger partial charge in [-0.2, -0.15) is 0 Å². The van der Waals surface area contributed by atoms with Gasteiger partial charge in [0.05, 0.1) is 18.2 Å². The van der Waals surface area contributed by atoms with Gasteiger partial charge in [0.15, 0.2) is 11.6 Å². The van der Waals surface area contributed by atoms with Gasteiger partial charge in [-0.05, 0) is 12.1 Å². The molecule has 0 heterocycles. The van der Waals surface area contributed by atoms with E-state index in [1.807, 2.05) is 0 Å². The SMILES string of the molecule is COc1cccc(C(NN)c2cccc(Cl)c2F)c1F. The lowest BCUT2D eigenvalue weighted by Crippen LogP contribution is -2.30. The smallest absolute Gasteiger partial charge is 0.170 e. The van der Waals surface area contributed by atoms with Crippen LogP contribution < -0.4 is 16.0 Å². The fourth-order valence-electron chi connectivity index (χ4n) is 2.00. The first-order chi connectivity index (χ1) is 9.60. The minimum atomic E-state index is -0.871. The summed E-state index contributed by atoms with van der Waals surface area (Å²) in [5, 5.41) is -0.0499. The number of hydrogen-bond donors (Lipinski definition) is 2. The number of nitrogens with one attached hydrogen (secondary N) is 1. The van der Waals surface area contributed by atoms with E-state index in [0.717, 1.165) is 0 Å². The van der Waals surface area contributed by atoms with Crippen molar-refractivity contribution < 1.29 is 13.5 Å². The second-order valence-corrected chi connectivity index (χ2v) is 4.51. The summed E-state index contributed by atoms with van der Waals surface area (Å²) in [5.41, 5.74) is 2.73. The largest absolute Gasteiger partial charge is 0.494 e. The van der Waals surface area contributed by atoms with Gasteiger partial charge in [0.25, 0.3) is 0 Å². The van der Waals surface area contributed by atoms with Gasteiger partial charge in [0.1, 0.15) is 5.82 Å². The van der Waals surface area contributed by atoms with E-state index in [9.17, 15) is 8.78 Å². The van der Waals surface area contributed by atoms with Crippen molar-refractivity contribution in [3.05, 3.63) is 64.2 Å². The molecule has 2 aromatic rings. The first-order valence-electron chi connectivity index (χ1n) is 5.82. The summed E-state index contributed by atoms with van der Waals surface area (Å²) in [5.74, 6) is 4.27. The summed E-state index contributed by atoms with van der Waals surface area (Å²) in [7, 11) is 1.35. The molecule has 1 atom stereocenters. The van der Waals surface area contributed by atoms with Crippen molar-refractivity contribution in [3.63, 3.8) is 0 Å². The molecule has 0 saturated heterocycles. The van der Waals surface area contributed by atoms with Gasteiger partial charge in [0, 0.05) is 11.1 Å². The molecule has 0 saturated carbocycles. The van der Waals surface area contributed by atoms with Crippen LogP contribution in [0, 0.1) is 11.6 Å². The summed E-state index contributed by atoms with van der Waals surface area (Å²) in [6.07, 6.45) is 0. The fraction of sp³-hybridized carbons (Fsp3) is 0.143. The van der Waals surface area contributed by atoms with Gasteiger partial charge in [-0.3, -0.25) is 5.84 Å². The predicted molar refractivity (Wildman–Crippen MR) is 73.5 cm³/mol. The van der Waals surface area contributed by atoms with Crippen LogP contribution in [0.15, 0.2) is 36.4 Å². The second-order valence-electron chi connectivity index (χ2n) is 4.11. The summed E-state index contributed by atoms with van der Waals surface area (Å²) >= 11 is 5.74. The number of halogens is 3. The van der Waals surface area contributed by atoms with E-state index < -0.39 is 17.7 Å². The molecule has 106 valence electrons. The first-order valence-corrected chi connectivity index (χ1v) is 6.20. The highest BCUT2D eigenvalue weighted by atomic mass is 35.5. The number of hydrogen-bond acceptors (Lipinski definition) is 3. The molecule has 0 radical (unpaired) electrons. The van der Waals surface area contributed by atoms with Crippen LogP contribution in [0.5, 0.6) is 5.75 Å². The lowest BCUT2D eigenvalue weighted by molar-refractivity contribution is 0.381. The predicted octanol–water partition coefficient (Wildman–Crippen LogP) is 3.18. The summed E-state index contributed by atoms with van der Waals surface area (Å²) in [4.78, 5) is 0. The first kappa shape index (κ1) is 14.7. The van der Waals surface area contributed by atoms with E-state index in [1.54, 1.807) is 12.1 Å². The lowest BCUT2D eigenvalue weighted by atomic mass is 9.98. The third-order valence-electron chi connectivity index (χ3n) is 2.98. The molecular weight excluding hydrogens is 286 g/mol. The molecule has 0 fully saturated rings. The van der Waals surface area contributed by atoms with Gasteiger partial charge in [-0.1, -0.05) is 35.9 Å². The maximum absolute atomic E-state index is 14.3. The van der Waals surface area contributed by atoms with E-state index >= 15 is 0 Å². The molecule has 3 N–H and O–H groups in total. The van der Waals surface area contributed by atoms with Crippen LogP contribution in [0.4, 0.5) is 8.78 Å². The zero-order chi connectivity index (χ0) is 14.7. The van der Waals surface area contributed by atoms with Gasteiger partial charge < -0.3 is 4.74 Å². The van der Waals surface area contributed by atoms with Crippen LogP contribution in [0.25, 0.3) is 0 Å². The maximum Gasteiger partial charge on any atom is 0.170 e. The van der Waals surface area contributed by atoms with E-state index in [-0.39, 0.29) is 21.9 Å². The monoisotopic (exact) mass is 298 g/mol. The number of rotatable bonds is 4. The highest BCUT2D eigenvalue weighted by Gasteiger charge is 2.22. The molecule has 3 nitrogen and oxygen atoms in total. The Morgan fingerprint density at radius 2 is 1.70 bits per heavy atom. The molecule has 20 heavy (non-hydrogen) atoms. The molecule has 0 aliphatic carbocycles. The molecule has 0 spiro atoms. The Morgan fingerprint density at radius 3 is 2.30 bits per heavy atom. The van der Waals surface area contributed by atoms with Crippen LogP contribution in [-0.2, 0) is 0 Å². The highest BCUT2D eigenvalue weighted by molar-refractivity contribution is 6.30.